The topological polar surface area (TPSA) is 39.7 Å². The normalized spacial score (nSPS) is 15.8. The number of benzene rings is 4. The number of aryl methyl sites for hydroxylation is 1. The molecule has 0 aliphatic heterocycles. The molecule has 208 valence electrons. The fourth-order valence-corrected chi connectivity index (χ4v) is 6.08. The SMILES string of the molecule is COc1ccc(C2CCc3cc(OC)ccc3C2(C)C)c(CNCCc2ccc(OCc3ccccc3)cc2)c1. The van der Waals surface area contributed by atoms with Crippen LogP contribution in [0.3, 0.4) is 0 Å². The van der Waals surface area contributed by atoms with E-state index >= 15 is 0 Å². The summed E-state index contributed by atoms with van der Waals surface area (Å²) in [6.45, 7) is 7.07. The third-order valence-corrected chi connectivity index (χ3v) is 8.38. The molecule has 1 aliphatic carbocycles. The second kappa shape index (κ2) is 12.6. The first-order valence-electron chi connectivity index (χ1n) is 14.3. The Morgan fingerprint density at radius 2 is 1.48 bits per heavy atom. The Bertz CT molecular complexity index is 1400. The molecule has 0 aromatic heterocycles. The van der Waals surface area contributed by atoms with Crippen molar-refractivity contribution < 1.29 is 14.2 Å². The molecule has 0 saturated heterocycles. The van der Waals surface area contributed by atoms with Crippen LogP contribution in [0.1, 0.15) is 59.6 Å². The lowest BCUT2D eigenvalue weighted by Crippen LogP contribution is -2.33. The van der Waals surface area contributed by atoms with Gasteiger partial charge in [0.15, 0.2) is 0 Å². The maximum absolute atomic E-state index is 5.94. The van der Waals surface area contributed by atoms with Gasteiger partial charge in [-0.3, -0.25) is 0 Å². The van der Waals surface area contributed by atoms with Crippen LogP contribution in [0, 0.1) is 0 Å². The Morgan fingerprint density at radius 3 is 2.23 bits per heavy atom. The van der Waals surface area contributed by atoms with Crippen molar-refractivity contribution in [2.24, 2.45) is 0 Å². The Hall–Kier alpha value is -3.76. The molecule has 0 amide bonds. The third-order valence-electron chi connectivity index (χ3n) is 8.38. The predicted octanol–water partition coefficient (Wildman–Crippen LogP) is 7.62. The monoisotopic (exact) mass is 535 g/mol. The zero-order chi connectivity index (χ0) is 28.0. The fraction of sp³-hybridized carbons (Fsp3) is 0.333. The highest BCUT2D eigenvalue weighted by Crippen LogP contribution is 2.48. The van der Waals surface area contributed by atoms with Crippen LogP contribution in [-0.2, 0) is 31.4 Å². The highest BCUT2D eigenvalue weighted by Gasteiger charge is 2.38. The van der Waals surface area contributed by atoms with Gasteiger partial charge in [-0.25, -0.2) is 0 Å². The molecule has 0 radical (unpaired) electrons. The highest BCUT2D eigenvalue weighted by atomic mass is 16.5. The van der Waals surface area contributed by atoms with E-state index in [1.165, 1.54) is 33.4 Å². The minimum absolute atomic E-state index is 0.0214. The second-order valence-electron chi connectivity index (χ2n) is 11.2. The van der Waals surface area contributed by atoms with Gasteiger partial charge in [0.1, 0.15) is 23.9 Å². The Labute approximate surface area is 239 Å². The summed E-state index contributed by atoms with van der Waals surface area (Å²) >= 11 is 0. The molecule has 4 heteroatoms. The van der Waals surface area contributed by atoms with Crippen LogP contribution < -0.4 is 19.5 Å². The van der Waals surface area contributed by atoms with E-state index in [4.69, 9.17) is 14.2 Å². The van der Waals surface area contributed by atoms with Crippen molar-refractivity contribution in [3.8, 4) is 17.2 Å². The third kappa shape index (κ3) is 6.34. The smallest absolute Gasteiger partial charge is 0.119 e. The van der Waals surface area contributed by atoms with Crippen LogP contribution in [0.5, 0.6) is 17.2 Å². The van der Waals surface area contributed by atoms with Gasteiger partial charge in [-0.2, -0.15) is 0 Å². The van der Waals surface area contributed by atoms with Gasteiger partial charge >= 0.3 is 0 Å². The van der Waals surface area contributed by atoms with Gasteiger partial charge in [-0.15, -0.1) is 0 Å². The van der Waals surface area contributed by atoms with Crippen LogP contribution in [0.2, 0.25) is 0 Å². The number of ether oxygens (including phenoxy) is 3. The molecule has 4 aromatic carbocycles. The van der Waals surface area contributed by atoms with Crippen molar-refractivity contribution in [1.29, 1.82) is 0 Å². The number of hydrogen-bond donors (Lipinski definition) is 1. The minimum atomic E-state index is 0.0214. The number of hydrogen-bond acceptors (Lipinski definition) is 4. The lowest BCUT2D eigenvalue weighted by atomic mass is 9.62. The van der Waals surface area contributed by atoms with E-state index in [9.17, 15) is 0 Å². The quantitative estimate of drug-likeness (QED) is 0.201. The standard InChI is InChI=1S/C36H41NO3/c1-36(2)34-19-16-32(39-4)22-28(34)12-18-35(36)33-17-15-31(38-3)23-29(33)24-37-21-20-26-10-13-30(14-11-26)40-25-27-8-6-5-7-9-27/h5-11,13-17,19,22-23,35,37H,12,18,20-21,24-25H2,1-4H3. The number of fused-ring (bicyclic) bond motifs is 1. The first-order valence-corrected chi connectivity index (χ1v) is 14.3. The Morgan fingerprint density at radius 1 is 0.775 bits per heavy atom. The van der Waals surface area contributed by atoms with E-state index in [1.54, 1.807) is 14.2 Å². The molecule has 1 aliphatic rings. The van der Waals surface area contributed by atoms with E-state index < -0.39 is 0 Å². The molecule has 0 saturated carbocycles. The lowest BCUT2D eigenvalue weighted by molar-refractivity contribution is 0.306. The van der Waals surface area contributed by atoms with Gasteiger partial charge < -0.3 is 19.5 Å². The lowest BCUT2D eigenvalue weighted by Gasteiger charge is -2.42. The van der Waals surface area contributed by atoms with E-state index in [0.717, 1.165) is 49.6 Å². The van der Waals surface area contributed by atoms with Gasteiger partial charge in [0.05, 0.1) is 14.2 Å². The van der Waals surface area contributed by atoms with E-state index in [-0.39, 0.29) is 5.41 Å². The number of methoxy groups -OCH3 is 2. The summed E-state index contributed by atoms with van der Waals surface area (Å²) in [5.41, 5.74) is 8.06. The molecule has 0 heterocycles. The molecule has 1 unspecified atom stereocenters. The molecule has 0 spiro atoms. The average Bonchev–Trinajstić information content (AvgIpc) is 2.99. The molecule has 0 fully saturated rings. The fourth-order valence-electron chi connectivity index (χ4n) is 6.08. The van der Waals surface area contributed by atoms with Crippen LogP contribution in [0.25, 0.3) is 0 Å². The zero-order valence-corrected chi connectivity index (χ0v) is 24.2. The van der Waals surface area contributed by atoms with Crippen LogP contribution in [0.15, 0.2) is 91.0 Å². The van der Waals surface area contributed by atoms with Gasteiger partial charge in [-0.1, -0.05) is 68.4 Å². The summed E-state index contributed by atoms with van der Waals surface area (Å²) in [4.78, 5) is 0. The number of nitrogens with one attached hydrogen (secondary N) is 1. The van der Waals surface area contributed by atoms with Crippen molar-refractivity contribution in [2.75, 3.05) is 20.8 Å². The summed E-state index contributed by atoms with van der Waals surface area (Å²) < 4.78 is 17.0. The van der Waals surface area contributed by atoms with E-state index in [2.05, 4.69) is 92.0 Å². The average molecular weight is 536 g/mol. The maximum atomic E-state index is 5.94. The largest absolute Gasteiger partial charge is 0.497 e. The van der Waals surface area contributed by atoms with Crippen molar-refractivity contribution in [3.63, 3.8) is 0 Å². The highest BCUT2D eigenvalue weighted by molar-refractivity contribution is 5.47. The molecule has 0 bridgehead atoms. The molecule has 1 atom stereocenters. The molecule has 4 aromatic rings. The van der Waals surface area contributed by atoms with Crippen LogP contribution in [0.4, 0.5) is 0 Å². The molecule has 40 heavy (non-hydrogen) atoms. The van der Waals surface area contributed by atoms with Crippen molar-refractivity contribution in [1.82, 2.24) is 5.32 Å². The summed E-state index contributed by atoms with van der Waals surface area (Å²) in [5.74, 6) is 3.18. The zero-order valence-electron chi connectivity index (χ0n) is 24.2. The van der Waals surface area contributed by atoms with Crippen molar-refractivity contribution in [2.45, 2.75) is 57.6 Å². The first-order chi connectivity index (χ1) is 19.5. The Balaban J connectivity index is 1.21. The van der Waals surface area contributed by atoms with Gasteiger partial charge in [0.25, 0.3) is 0 Å². The molecule has 4 nitrogen and oxygen atoms in total. The van der Waals surface area contributed by atoms with Gasteiger partial charge in [-0.05, 0) is 107 Å². The maximum Gasteiger partial charge on any atom is 0.119 e. The summed E-state index contributed by atoms with van der Waals surface area (Å²) in [7, 11) is 3.49. The second-order valence-corrected chi connectivity index (χ2v) is 11.2. The summed E-state index contributed by atoms with van der Waals surface area (Å²) in [6, 6.07) is 31.9. The Kier molecular flexibility index (Phi) is 8.76. The van der Waals surface area contributed by atoms with Crippen molar-refractivity contribution in [3.05, 3.63) is 124 Å². The number of rotatable bonds is 11. The van der Waals surface area contributed by atoms with E-state index in [1.807, 2.05) is 18.2 Å². The molecule has 1 N–H and O–H groups in total. The first kappa shape index (κ1) is 27.8. The predicted molar refractivity (Wildman–Crippen MR) is 163 cm³/mol. The van der Waals surface area contributed by atoms with E-state index in [0.29, 0.717) is 12.5 Å². The molecular formula is C36H41NO3. The van der Waals surface area contributed by atoms with Crippen LogP contribution >= 0.6 is 0 Å². The summed E-state index contributed by atoms with van der Waals surface area (Å²) in [5, 5.41) is 3.70. The minimum Gasteiger partial charge on any atom is -0.497 e. The van der Waals surface area contributed by atoms with Gasteiger partial charge in [0.2, 0.25) is 0 Å². The van der Waals surface area contributed by atoms with Crippen LogP contribution in [-0.4, -0.2) is 20.8 Å². The summed E-state index contributed by atoms with van der Waals surface area (Å²) in [6.07, 6.45) is 3.14. The molecular weight excluding hydrogens is 494 g/mol. The van der Waals surface area contributed by atoms with Crippen molar-refractivity contribution >= 4 is 0 Å². The molecule has 5 rings (SSSR count). The van der Waals surface area contributed by atoms with Gasteiger partial charge in [0, 0.05) is 6.54 Å².